The molecule has 2 unspecified atom stereocenters. The average molecular weight is 602 g/mol. The van der Waals surface area contributed by atoms with Crippen LogP contribution in [0.2, 0.25) is 0 Å². The Labute approximate surface area is 248 Å². The van der Waals surface area contributed by atoms with E-state index in [4.69, 9.17) is 24.3 Å². The predicted molar refractivity (Wildman–Crippen MR) is 164 cm³/mol. The van der Waals surface area contributed by atoms with E-state index < -0.39 is 32.5 Å². The van der Waals surface area contributed by atoms with Crippen LogP contribution in [0.3, 0.4) is 0 Å². The summed E-state index contributed by atoms with van der Waals surface area (Å²) in [4.78, 5) is 34.3. The molecule has 0 aliphatic heterocycles. The van der Waals surface area contributed by atoms with Crippen molar-refractivity contribution in [1.29, 1.82) is 0 Å². The topological polar surface area (TPSA) is 134 Å². The molecule has 0 bridgehead atoms. The maximum atomic E-state index is 12.4. The zero-order chi connectivity index (χ0) is 30.4. The molecule has 0 amide bonds. The van der Waals surface area contributed by atoms with Gasteiger partial charge in [-0.2, -0.15) is 0 Å². The van der Waals surface area contributed by atoms with Crippen molar-refractivity contribution < 1.29 is 37.6 Å². The van der Waals surface area contributed by atoms with E-state index in [1.165, 1.54) is 19.3 Å². The van der Waals surface area contributed by atoms with E-state index in [2.05, 4.69) is 32.1 Å². The second kappa shape index (κ2) is 28.4. The molecular formula is C31H56NO8P. The molecule has 9 nitrogen and oxygen atoms in total. The summed E-state index contributed by atoms with van der Waals surface area (Å²) in [6.07, 6.45) is 26.3. The Morgan fingerprint density at radius 1 is 0.756 bits per heavy atom. The van der Waals surface area contributed by atoms with E-state index in [0.717, 1.165) is 64.2 Å². The van der Waals surface area contributed by atoms with Crippen LogP contribution < -0.4 is 5.73 Å². The van der Waals surface area contributed by atoms with Crippen molar-refractivity contribution in [3.8, 4) is 0 Å². The fourth-order valence-corrected chi connectivity index (χ4v) is 4.57. The molecule has 10 heteroatoms. The third-order valence-electron chi connectivity index (χ3n) is 6.10. The normalized spacial score (nSPS) is 14.1. The minimum atomic E-state index is -4.36. The zero-order valence-corrected chi connectivity index (χ0v) is 26.4. The summed E-state index contributed by atoms with van der Waals surface area (Å²) in [6.45, 7) is 3.48. The van der Waals surface area contributed by atoms with Crippen LogP contribution in [0, 0.1) is 0 Å². The van der Waals surface area contributed by atoms with Crippen LogP contribution in [-0.2, 0) is 32.7 Å². The molecule has 0 aromatic carbocycles. The molecule has 0 fully saturated rings. The summed E-state index contributed by atoms with van der Waals surface area (Å²) in [5.74, 6) is -0.866. The van der Waals surface area contributed by atoms with Crippen LogP contribution in [0.15, 0.2) is 36.5 Å². The van der Waals surface area contributed by atoms with Gasteiger partial charge in [-0.05, 0) is 32.1 Å². The van der Waals surface area contributed by atoms with E-state index in [0.29, 0.717) is 6.42 Å². The Morgan fingerprint density at radius 2 is 1.34 bits per heavy atom. The van der Waals surface area contributed by atoms with Gasteiger partial charge < -0.3 is 20.1 Å². The number of allylic oxidation sites excluding steroid dienone is 6. The third kappa shape index (κ3) is 28.1. The number of carbonyl (C=O) groups is 2. The van der Waals surface area contributed by atoms with Crippen LogP contribution in [0.4, 0.5) is 0 Å². The van der Waals surface area contributed by atoms with Crippen LogP contribution in [0.25, 0.3) is 0 Å². The highest BCUT2D eigenvalue weighted by molar-refractivity contribution is 7.47. The summed E-state index contributed by atoms with van der Waals surface area (Å²) in [7, 11) is -4.36. The molecule has 0 heterocycles. The van der Waals surface area contributed by atoms with Gasteiger partial charge in [0, 0.05) is 19.4 Å². The van der Waals surface area contributed by atoms with E-state index in [1.807, 2.05) is 18.2 Å². The van der Waals surface area contributed by atoms with Gasteiger partial charge in [0.1, 0.15) is 6.61 Å². The van der Waals surface area contributed by atoms with E-state index >= 15 is 0 Å². The van der Waals surface area contributed by atoms with Crippen molar-refractivity contribution in [3.63, 3.8) is 0 Å². The minimum absolute atomic E-state index is 0.0491. The van der Waals surface area contributed by atoms with E-state index in [9.17, 15) is 19.0 Å². The number of phosphoric acid groups is 1. The Hall–Kier alpha value is -1.77. The van der Waals surface area contributed by atoms with Crippen LogP contribution in [0.1, 0.15) is 117 Å². The van der Waals surface area contributed by atoms with Gasteiger partial charge in [-0.25, -0.2) is 4.57 Å². The second-order valence-corrected chi connectivity index (χ2v) is 11.5. The largest absolute Gasteiger partial charge is 0.472 e. The maximum absolute atomic E-state index is 12.4. The highest BCUT2D eigenvalue weighted by Crippen LogP contribution is 2.43. The van der Waals surface area contributed by atoms with Gasteiger partial charge in [-0.15, -0.1) is 0 Å². The summed E-state index contributed by atoms with van der Waals surface area (Å²) in [5.41, 5.74) is 5.29. The van der Waals surface area contributed by atoms with Crippen molar-refractivity contribution in [2.45, 2.75) is 123 Å². The summed E-state index contributed by atoms with van der Waals surface area (Å²) >= 11 is 0. The molecule has 0 saturated carbocycles. The first-order chi connectivity index (χ1) is 19.8. The molecular weight excluding hydrogens is 545 g/mol. The van der Waals surface area contributed by atoms with E-state index in [1.54, 1.807) is 0 Å². The zero-order valence-electron chi connectivity index (χ0n) is 25.5. The third-order valence-corrected chi connectivity index (χ3v) is 7.09. The lowest BCUT2D eigenvalue weighted by atomic mass is 10.1. The molecule has 0 aliphatic rings. The number of nitrogens with two attached hydrogens (primary N) is 1. The van der Waals surface area contributed by atoms with Gasteiger partial charge >= 0.3 is 19.8 Å². The van der Waals surface area contributed by atoms with Gasteiger partial charge in [0.05, 0.1) is 13.2 Å². The molecule has 0 aromatic heterocycles. The SMILES string of the molecule is CC/C=C/C=C/C=C/CCCCCCCC(=O)OC(COC(=O)CCCCCCCCC)COP(=O)(O)OCCN. The molecule has 0 saturated heterocycles. The Bertz CT molecular complexity index is 784. The summed E-state index contributed by atoms with van der Waals surface area (Å²) < 4.78 is 32.3. The standard InChI is InChI=1S/C31H56NO8P/c1-3-5-7-9-11-12-13-14-15-16-18-20-22-24-31(34)40-29(28-39-41(35,36)38-26-25-32)27-37-30(33)23-21-19-17-10-8-6-4-2/h5,7,9,11-13,29H,3-4,6,8,10,14-28,32H2,1-2H3,(H,35,36)/b7-5+,11-9+,13-12+. The first-order valence-corrected chi connectivity index (χ1v) is 17.0. The molecule has 3 N–H and O–H groups in total. The van der Waals surface area contributed by atoms with Crippen molar-refractivity contribution in [2.24, 2.45) is 5.73 Å². The molecule has 0 rings (SSSR count). The highest BCUT2D eigenvalue weighted by Gasteiger charge is 2.25. The summed E-state index contributed by atoms with van der Waals surface area (Å²) in [5, 5.41) is 0. The molecule has 0 aromatic rings. The molecule has 2 atom stereocenters. The number of unbranched alkanes of at least 4 members (excludes halogenated alkanes) is 11. The van der Waals surface area contributed by atoms with Gasteiger partial charge in [0.25, 0.3) is 0 Å². The smallest absolute Gasteiger partial charge is 0.462 e. The fraction of sp³-hybridized carbons (Fsp3) is 0.742. The van der Waals surface area contributed by atoms with Crippen LogP contribution in [0.5, 0.6) is 0 Å². The number of phosphoric ester groups is 1. The molecule has 41 heavy (non-hydrogen) atoms. The lowest BCUT2D eigenvalue weighted by Crippen LogP contribution is -2.29. The average Bonchev–Trinajstić information content (AvgIpc) is 2.95. The quantitative estimate of drug-likeness (QED) is 0.0405. The highest BCUT2D eigenvalue weighted by atomic mass is 31.2. The van der Waals surface area contributed by atoms with Crippen LogP contribution in [-0.4, -0.2) is 49.3 Å². The van der Waals surface area contributed by atoms with Crippen molar-refractivity contribution in [1.82, 2.24) is 0 Å². The van der Waals surface area contributed by atoms with Crippen molar-refractivity contribution >= 4 is 19.8 Å². The van der Waals surface area contributed by atoms with Crippen molar-refractivity contribution in [3.05, 3.63) is 36.5 Å². The molecule has 238 valence electrons. The lowest BCUT2D eigenvalue weighted by Gasteiger charge is -2.19. The predicted octanol–water partition coefficient (Wildman–Crippen LogP) is 7.48. The fourth-order valence-electron chi connectivity index (χ4n) is 3.81. The van der Waals surface area contributed by atoms with Gasteiger partial charge in [-0.3, -0.25) is 18.6 Å². The van der Waals surface area contributed by atoms with Crippen molar-refractivity contribution in [2.75, 3.05) is 26.4 Å². The number of hydrogen-bond donors (Lipinski definition) is 2. The number of ether oxygens (including phenoxy) is 2. The van der Waals surface area contributed by atoms with Crippen LogP contribution >= 0.6 is 7.82 Å². The first-order valence-electron chi connectivity index (χ1n) is 15.5. The number of hydrogen-bond acceptors (Lipinski definition) is 8. The maximum Gasteiger partial charge on any atom is 0.472 e. The Morgan fingerprint density at radius 3 is 1.98 bits per heavy atom. The minimum Gasteiger partial charge on any atom is -0.462 e. The van der Waals surface area contributed by atoms with Gasteiger partial charge in [0.2, 0.25) is 0 Å². The Kier molecular flexibility index (Phi) is 27.1. The van der Waals surface area contributed by atoms with E-state index in [-0.39, 0.29) is 32.6 Å². The number of carbonyl (C=O) groups excluding carboxylic acids is 2. The summed E-state index contributed by atoms with van der Waals surface area (Å²) in [6, 6.07) is 0. The first kappa shape index (κ1) is 39.2. The molecule has 0 radical (unpaired) electrons. The van der Waals surface area contributed by atoms with Gasteiger partial charge in [0.15, 0.2) is 6.10 Å². The molecule has 0 aliphatic carbocycles. The second-order valence-electron chi connectivity index (χ2n) is 10.0. The number of esters is 2. The number of rotatable bonds is 28. The Balaban J connectivity index is 4.36. The van der Waals surface area contributed by atoms with Gasteiger partial charge in [-0.1, -0.05) is 108 Å². The monoisotopic (exact) mass is 601 g/mol. The molecule has 0 spiro atoms. The lowest BCUT2D eigenvalue weighted by molar-refractivity contribution is -0.161.